The molecule has 0 aliphatic rings. The fourth-order valence-electron chi connectivity index (χ4n) is 3.17. The van der Waals surface area contributed by atoms with Crippen molar-refractivity contribution in [3.63, 3.8) is 0 Å². The molecule has 5 N–H and O–H groups in total. The third-order valence-corrected chi connectivity index (χ3v) is 4.78. The standard InChI is InChI=1S/C23H31N3O4/c1-14(2)19-9-18(10-20(12-19)26-16(4)27)13-24-21-8-7-17(11-22(21)28)6-5-15(3)25-23(29)30/h7-12,14-15,24-25,28H,5-6,13H2,1-4H3,(H,26,27)(H,29,30). The SMILES string of the molecule is CC(=O)Nc1cc(CNc2ccc(CCC(C)NC(=O)O)cc2O)cc(C(C)C)c1. The van der Waals surface area contributed by atoms with E-state index in [1.807, 2.05) is 31.2 Å². The minimum atomic E-state index is -1.03. The number of hydrogen-bond acceptors (Lipinski definition) is 4. The van der Waals surface area contributed by atoms with Crippen LogP contribution in [0.1, 0.15) is 56.7 Å². The van der Waals surface area contributed by atoms with Crippen LogP contribution in [-0.4, -0.2) is 28.3 Å². The van der Waals surface area contributed by atoms with Crippen molar-refractivity contribution in [3.05, 3.63) is 53.1 Å². The van der Waals surface area contributed by atoms with Crippen molar-refractivity contribution in [2.24, 2.45) is 0 Å². The molecule has 0 spiro atoms. The Hall–Kier alpha value is -3.22. The summed E-state index contributed by atoms with van der Waals surface area (Å²) in [5.74, 6) is 0.354. The first-order valence-electron chi connectivity index (χ1n) is 10.1. The van der Waals surface area contributed by atoms with Gasteiger partial charge < -0.3 is 26.2 Å². The fraction of sp³-hybridized carbons (Fsp3) is 0.391. The van der Waals surface area contributed by atoms with Crippen LogP contribution in [0.2, 0.25) is 0 Å². The molecule has 0 bridgehead atoms. The number of anilines is 2. The lowest BCUT2D eigenvalue weighted by Gasteiger charge is -2.15. The van der Waals surface area contributed by atoms with E-state index in [-0.39, 0.29) is 17.7 Å². The topological polar surface area (TPSA) is 111 Å². The first-order chi connectivity index (χ1) is 14.1. The first-order valence-corrected chi connectivity index (χ1v) is 10.1. The van der Waals surface area contributed by atoms with E-state index in [2.05, 4.69) is 35.9 Å². The lowest BCUT2D eigenvalue weighted by molar-refractivity contribution is -0.114. The molecule has 0 radical (unpaired) electrons. The van der Waals surface area contributed by atoms with E-state index in [9.17, 15) is 14.7 Å². The second kappa shape index (κ2) is 10.5. The quantitative estimate of drug-likeness (QED) is 0.384. The Kier molecular flexibility index (Phi) is 8.09. The summed E-state index contributed by atoms with van der Waals surface area (Å²) in [6, 6.07) is 11.3. The summed E-state index contributed by atoms with van der Waals surface area (Å²) in [6.45, 7) is 7.99. The van der Waals surface area contributed by atoms with Crippen molar-refractivity contribution in [1.29, 1.82) is 0 Å². The van der Waals surface area contributed by atoms with E-state index in [1.54, 1.807) is 6.07 Å². The molecule has 0 saturated heterocycles. The van der Waals surface area contributed by atoms with Gasteiger partial charge in [-0.1, -0.05) is 26.0 Å². The minimum Gasteiger partial charge on any atom is -0.506 e. The van der Waals surface area contributed by atoms with E-state index < -0.39 is 6.09 Å². The molecule has 7 heteroatoms. The van der Waals surface area contributed by atoms with Gasteiger partial charge in [0.25, 0.3) is 0 Å². The molecular formula is C23H31N3O4. The van der Waals surface area contributed by atoms with Crippen LogP contribution >= 0.6 is 0 Å². The monoisotopic (exact) mass is 413 g/mol. The molecule has 162 valence electrons. The van der Waals surface area contributed by atoms with Gasteiger partial charge in [0, 0.05) is 25.2 Å². The van der Waals surface area contributed by atoms with Gasteiger partial charge in [-0.15, -0.1) is 0 Å². The Morgan fingerprint density at radius 3 is 2.37 bits per heavy atom. The highest BCUT2D eigenvalue weighted by atomic mass is 16.4. The van der Waals surface area contributed by atoms with E-state index in [4.69, 9.17) is 5.11 Å². The molecular weight excluding hydrogens is 382 g/mol. The molecule has 0 saturated carbocycles. The van der Waals surface area contributed by atoms with Crippen LogP contribution in [0.4, 0.5) is 16.2 Å². The summed E-state index contributed by atoms with van der Waals surface area (Å²) >= 11 is 0. The van der Waals surface area contributed by atoms with E-state index in [0.717, 1.165) is 22.4 Å². The number of carbonyl (C=O) groups is 2. The second-order valence-electron chi connectivity index (χ2n) is 7.89. The Bertz CT molecular complexity index is 896. The van der Waals surface area contributed by atoms with Gasteiger partial charge in [0.15, 0.2) is 0 Å². The minimum absolute atomic E-state index is 0.115. The highest BCUT2D eigenvalue weighted by Gasteiger charge is 2.09. The maximum Gasteiger partial charge on any atom is 0.404 e. The number of benzene rings is 2. The largest absolute Gasteiger partial charge is 0.506 e. The van der Waals surface area contributed by atoms with Crippen molar-refractivity contribution in [1.82, 2.24) is 5.32 Å². The molecule has 0 aliphatic heterocycles. The van der Waals surface area contributed by atoms with Gasteiger partial charge >= 0.3 is 6.09 Å². The van der Waals surface area contributed by atoms with Crippen LogP contribution in [0.15, 0.2) is 36.4 Å². The van der Waals surface area contributed by atoms with E-state index in [1.165, 1.54) is 6.92 Å². The van der Waals surface area contributed by atoms with E-state index >= 15 is 0 Å². The summed E-state index contributed by atoms with van der Waals surface area (Å²) in [5, 5.41) is 27.6. The van der Waals surface area contributed by atoms with Crippen LogP contribution in [0.3, 0.4) is 0 Å². The van der Waals surface area contributed by atoms with Gasteiger partial charge in [0.05, 0.1) is 5.69 Å². The number of phenols is 1. The number of carbonyl (C=O) groups excluding carboxylic acids is 1. The number of rotatable bonds is 9. The average molecular weight is 414 g/mol. The third-order valence-electron chi connectivity index (χ3n) is 4.78. The van der Waals surface area contributed by atoms with Crippen molar-refractivity contribution in [2.45, 2.75) is 59.0 Å². The normalized spacial score (nSPS) is 11.8. The lowest BCUT2D eigenvalue weighted by atomic mass is 9.99. The molecule has 2 rings (SSSR count). The zero-order valence-corrected chi connectivity index (χ0v) is 18.0. The molecule has 7 nitrogen and oxygen atoms in total. The lowest BCUT2D eigenvalue weighted by Crippen LogP contribution is -2.31. The molecule has 1 atom stereocenters. The van der Waals surface area contributed by atoms with Crippen molar-refractivity contribution < 1.29 is 19.8 Å². The predicted molar refractivity (Wildman–Crippen MR) is 119 cm³/mol. The van der Waals surface area contributed by atoms with Crippen LogP contribution in [0.5, 0.6) is 5.75 Å². The Morgan fingerprint density at radius 2 is 1.77 bits per heavy atom. The molecule has 2 aromatic rings. The van der Waals surface area contributed by atoms with Crippen molar-refractivity contribution >= 4 is 23.4 Å². The molecule has 1 unspecified atom stereocenters. The predicted octanol–water partition coefficient (Wildman–Crippen LogP) is 4.67. The maximum atomic E-state index is 11.4. The fourth-order valence-corrected chi connectivity index (χ4v) is 3.17. The van der Waals surface area contributed by atoms with E-state index in [0.29, 0.717) is 31.0 Å². The zero-order valence-electron chi connectivity index (χ0n) is 18.0. The number of nitrogens with one attached hydrogen (secondary N) is 3. The van der Waals surface area contributed by atoms with Gasteiger partial charge in [-0.05, 0) is 66.6 Å². The Balaban J connectivity index is 2.04. The van der Waals surface area contributed by atoms with Crippen LogP contribution in [0.25, 0.3) is 0 Å². The summed E-state index contributed by atoms with van der Waals surface area (Å²) in [7, 11) is 0. The van der Waals surface area contributed by atoms with Gasteiger partial charge in [0.2, 0.25) is 5.91 Å². The van der Waals surface area contributed by atoms with Gasteiger partial charge in [-0.25, -0.2) is 4.79 Å². The number of hydrogen-bond donors (Lipinski definition) is 5. The summed E-state index contributed by atoms with van der Waals surface area (Å²) < 4.78 is 0. The zero-order chi connectivity index (χ0) is 22.3. The molecule has 0 aromatic heterocycles. The number of carboxylic acid groups (broad SMARTS) is 1. The molecule has 0 fully saturated rings. The molecule has 0 aliphatic carbocycles. The number of amides is 2. The Labute approximate surface area is 177 Å². The smallest absolute Gasteiger partial charge is 0.404 e. The maximum absolute atomic E-state index is 11.4. The van der Waals surface area contributed by atoms with Crippen molar-refractivity contribution in [3.8, 4) is 5.75 Å². The van der Waals surface area contributed by atoms with Gasteiger partial charge in [-0.3, -0.25) is 4.79 Å². The average Bonchev–Trinajstić information content (AvgIpc) is 2.64. The third kappa shape index (κ3) is 7.31. The number of phenolic OH excluding ortho intramolecular Hbond substituents is 1. The summed E-state index contributed by atoms with van der Waals surface area (Å²) in [5.41, 5.74) is 4.44. The summed E-state index contributed by atoms with van der Waals surface area (Å²) in [4.78, 5) is 22.1. The Morgan fingerprint density at radius 1 is 1.03 bits per heavy atom. The number of aryl methyl sites for hydroxylation is 1. The highest BCUT2D eigenvalue weighted by molar-refractivity contribution is 5.88. The highest BCUT2D eigenvalue weighted by Crippen LogP contribution is 2.27. The molecule has 2 aromatic carbocycles. The molecule has 30 heavy (non-hydrogen) atoms. The van der Waals surface area contributed by atoms with Gasteiger partial charge in [0.1, 0.15) is 5.75 Å². The number of aromatic hydroxyl groups is 1. The van der Waals surface area contributed by atoms with Crippen molar-refractivity contribution in [2.75, 3.05) is 10.6 Å². The first kappa shape index (κ1) is 23.1. The van der Waals surface area contributed by atoms with Crippen LogP contribution in [0, 0.1) is 0 Å². The van der Waals surface area contributed by atoms with Crippen LogP contribution in [-0.2, 0) is 17.8 Å². The van der Waals surface area contributed by atoms with Gasteiger partial charge in [-0.2, -0.15) is 0 Å². The summed E-state index contributed by atoms with van der Waals surface area (Å²) in [6.07, 6.45) is 0.270. The molecule has 0 heterocycles. The van der Waals surface area contributed by atoms with Crippen LogP contribution < -0.4 is 16.0 Å². The molecule has 2 amide bonds. The second-order valence-corrected chi connectivity index (χ2v) is 7.89.